The molecule has 5 heteroatoms. The Balaban J connectivity index is 1.55. The Bertz CT molecular complexity index is 1950. The Morgan fingerprint density at radius 1 is 0.651 bits per heavy atom. The highest BCUT2D eigenvalue weighted by Gasteiger charge is 2.34. The second-order valence-electron chi connectivity index (χ2n) is 12.5. The van der Waals surface area contributed by atoms with Gasteiger partial charge in [-0.05, 0) is 115 Å². The minimum Gasteiger partial charge on any atom is -0.256 e. The molecule has 0 spiro atoms. The smallest absolute Gasteiger partial charge is 0.0789 e. The van der Waals surface area contributed by atoms with E-state index >= 15 is 0 Å². The molecule has 2 aromatic rings. The maximum absolute atomic E-state index is 5.33. The highest BCUT2D eigenvalue weighted by Crippen LogP contribution is 2.42. The summed E-state index contributed by atoms with van der Waals surface area (Å²) in [6.45, 7) is 13.2. The van der Waals surface area contributed by atoms with Gasteiger partial charge in [-0.3, -0.25) is 4.99 Å². The Labute approximate surface area is 267 Å². The minimum absolute atomic E-state index is 0.104. The van der Waals surface area contributed by atoms with E-state index in [-0.39, 0.29) is 5.41 Å². The third-order valence-corrected chi connectivity index (χ3v) is 9.73. The quantitative estimate of drug-likeness (QED) is 0.286. The van der Waals surface area contributed by atoms with Crippen LogP contribution >= 0.6 is 22.6 Å². The number of benzene rings is 2. The van der Waals surface area contributed by atoms with Crippen LogP contribution in [0.1, 0.15) is 53.6 Å². The highest BCUT2D eigenvalue weighted by molar-refractivity contribution is 14.1. The Morgan fingerprint density at radius 2 is 1.26 bits per heavy atom. The average molecular weight is 673 g/mol. The number of rotatable bonds is 2. The molecule has 5 aliphatic heterocycles. The predicted molar refractivity (Wildman–Crippen MR) is 190 cm³/mol. The van der Waals surface area contributed by atoms with E-state index in [1.54, 1.807) is 0 Å². The molecular formula is C38H33IN4. The molecule has 0 aromatic heterocycles. The number of halogens is 1. The molecule has 0 fully saturated rings. The topological polar surface area (TPSA) is 49.4 Å². The van der Waals surface area contributed by atoms with Gasteiger partial charge in [0, 0.05) is 28.7 Å². The number of allylic oxidation sites excluding steroid dienone is 11. The molecule has 0 aliphatic carbocycles. The van der Waals surface area contributed by atoms with Crippen LogP contribution in [0.3, 0.4) is 0 Å². The molecule has 43 heavy (non-hydrogen) atoms. The van der Waals surface area contributed by atoms with Crippen LogP contribution in [0, 0.1) is 33.1 Å². The van der Waals surface area contributed by atoms with E-state index in [1.807, 2.05) is 0 Å². The van der Waals surface area contributed by atoms with Gasteiger partial charge in [0.15, 0.2) is 0 Å². The second-order valence-corrected chi connectivity index (χ2v) is 13.6. The molecule has 212 valence electrons. The molecule has 0 saturated heterocycles. The first-order valence-electron chi connectivity index (χ1n) is 14.7. The fourth-order valence-electron chi connectivity index (χ4n) is 6.46. The summed E-state index contributed by atoms with van der Waals surface area (Å²) in [4.78, 5) is 20.9. The zero-order chi connectivity index (χ0) is 30.0. The fourth-order valence-corrected chi connectivity index (χ4v) is 7.07. The summed E-state index contributed by atoms with van der Waals surface area (Å²) in [6.07, 6.45) is 15.7. The summed E-state index contributed by atoms with van der Waals surface area (Å²) in [6, 6.07) is 13.1. The van der Waals surface area contributed by atoms with Gasteiger partial charge in [0.2, 0.25) is 0 Å². The van der Waals surface area contributed by atoms with E-state index in [2.05, 4.69) is 143 Å². The number of aliphatic imine (C=N–C) groups is 4. The van der Waals surface area contributed by atoms with E-state index in [1.165, 1.54) is 27.8 Å². The molecule has 0 unspecified atom stereocenters. The number of hydrogen-bond donors (Lipinski definition) is 0. The van der Waals surface area contributed by atoms with Crippen LogP contribution in [-0.2, 0) is 0 Å². The van der Waals surface area contributed by atoms with Gasteiger partial charge in [0.25, 0.3) is 0 Å². The first kappa shape index (κ1) is 27.8. The van der Waals surface area contributed by atoms with Crippen molar-refractivity contribution in [2.45, 2.75) is 48.0 Å². The fraction of sp³-hybridized carbons (Fsp3) is 0.211. The van der Waals surface area contributed by atoms with Gasteiger partial charge in [-0.15, -0.1) is 0 Å². The molecule has 0 saturated carbocycles. The molecular weight excluding hydrogens is 639 g/mol. The molecule has 5 heterocycles. The molecule has 2 aromatic carbocycles. The molecule has 0 atom stereocenters. The van der Waals surface area contributed by atoms with E-state index in [0.29, 0.717) is 0 Å². The summed E-state index contributed by atoms with van der Waals surface area (Å²) in [5.74, 6) is 0. The summed E-state index contributed by atoms with van der Waals surface area (Å²) in [7, 11) is 0. The molecule has 5 aliphatic rings. The van der Waals surface area contributed by atoms with E-state index in [0.717, 1.165) is 72.3 Å². The van der Waals surface area contributed by atoms with Crippen molar-refractivity contribution in [3.63, 3.8) is 0 Å². The largest absolute Gasteiger partial charge is 0.256 e. The van der Waals surface area contributed by atoms with E-state index in [4.69, 9.17) is 20.0 Å². The molecule has 8 bridgehead atoms. The minimum atomic E-state index is -0.104. The number of fused-ring (bicyclic) bond motifs is 4. The number of hydrogen-bond acceptors (Lipinski definition) is 4. The first-order chi connectivity index (χ1) is 20.6. The van der Waals surface area contributed by atoms with E-state index < -0.39 is 0 Å². The Morgan fingerprint density at radius 3 is 1.98 bits per heavy atom. The first-order valence-corrected chi connectivity index (χ1v) is 15.8. The third-order valence-electron chi connectivity index (χ3n) is 8.55. The van der Waals surface area contributed by atoms with Crippen molar-refractivity contribution in [2.75, 3.05) is 0 Å². The summed E-state index contributed by atoms with van der Waals surface area (Å²) < 4.78 is 1.09. The van der Waals surface area contributed by atoms with Crippen molar-refractivity contribution in [3.05, 3.63) is 139 Å². The second kappa shape index (κ2) is 10.3. The summed E-state index contributed by atoms with van der Waals surface area (Å²) in [5.41, 5.74) is 16.8. The lowest BCUT2D eigenvalue weighted by molar-refractivity contribution is 0.544. The standard InChI is InChI=1S/C38H33IN4/c1-21-7-9-25(10-8-21)35-27-12-11-26(40-27)19-33-38(5,6)20-32(43-33)37(39)31-16-15-30(42-31)36(29-14-13-28(35)41-29)34-23(3)17-22(2)18-24(34)4/h7-19H,20H2,1-6H3. The van der Waals surface area contributed by atoms with Crippen molar-refractivity contribution >= 4 is 56.6 Å². The van der Waals surface area contributed by atoms with Crippen molar-refractivity contribution in [3.8, 4) is 0 Å². The van der Waals surface area contributed by atoms with Gasteiger partial charge in [-0.25, -0.2) is 15.0 Å². The molecule has 0 N–H and O–H groups in total. The van der Waals surface area contributed by atoms with Gasteiger partial charge in [0.1, 0.15) is 0 Å². The van der Waals surface area contributed by atoms with E-state index in [9.17, 15) is 0 Å². The summed E-state index contributed by atoms with van der Waals surface area (Å²) in [5, 5.41) is 0. The van der Waals surface area contributed by atoms with Crippen LogP contribution in [0.25, 0.3) is 11.1 Å². The van der Waals surface area contributed by atoms with Gasteiger partial charge >= 0.3 is 0 Å². The molecule has 0 radical (unpaired) electrons. The van der Waals surface area contributed by atoms with Gasteiger partial charge in [-0.2, -0.15) is 0 Å². The maximum atomic E-state index is 5.33. The van der Waals surface area contributed by atoms with Crippen LogP contribution in [0.15, 0.2) is 125 Å². The van der Waals surface area contributed by atoms with Gasteiger partial charge < -0.3 is 0 Å². The Hall–Kier alpha value is -3.97. The van der Waals surface area contributed by atoms with Crippen LogP contribution in [0.2, 0.25) is 0 Å². The van der Waals surface area contributed by atoms with Crippen molar-refractivity contribution in [1.29, 1.82) is 0 Å². The lowest BCUT2D eigenvalue weighted by Gasteiger charge is -2.17. The van der Waals surface area contributed by atoms with Gasteiger partial charge in [-0.1, -0.05) is 61.4 Å². The SMILES string of the molecule is Cc1ccc(C2=C3C=CC(=N3)C(c3c(C)cc(C)cc3C)=C3C=CC(=N3)C(I)=C3CC(C)(C)C(=N3)C=C3C=CC2=N3)cc1. The van der Waals surface area contributed by atoms with Crippen molar-refractivity contribution in [1.82, 2.24) is 0 Å². The molecule has 7 rings (SSSR count). The highest BCUT2D eigenvalue weighted by atomic mass is 127. The number of nitrogens with zero attached hydrogens (tertiary/aromatic N) is 4. The monoisotopic (exact) mass is 672 g/mol. The Kier molecular flexibility index (Phi) is 6.69. The van der Waals surface area contributed by atoms with Crippen LogP contribution in [0.5, 0.6) is 0 Å². The van der Waals surface area contributed by atoms with Crippen LogP contribution in [0.4, 0.5) is 0 Å². The third kappa shape index (κ3) is 4.93. The van der Waals surface area contributed by atoms with Gasteiger partial charge in [0.05, 0.1) is 43.5 Å². The molecule has 4 nitrogen and oxygen atoms in total. The lowest BCUT2D eigenvalue weighted by atomic mass is 9.85. The predicted octanol–water partition coefficient (Wildman–Crippen LogP) is 9.49. The normalized spacial score (nSPS) is 20.2. The zero-order valence-corrected chi connectivity index (χ0v) is 27.5. The van der Waals surface area contributed by atoms with Crippen molar-refractivity contribution < 1.29 is 0 Å². The maximum Gasteiger partial charge on any atom is 0.0789 e. The molecule has 0 amide bonds. The van der Waals surface area contributed by atoms with Crippen LogP contribution < -0.4 is 0 Å². The van der Waals surface area contributed by atoms with Crippen molar-refractivity contribution in [2.24, 2.45) is 25.4 Å². The summed E-state index contributed by atoms with van der Waals surface area (Å²) >= 11 is 2.43. The average Bonchev–Trinajstić information content (AvgIpc) is 3.75. The number of aryl methyl sites for hydroxylation is 4. The van der Waals surface area contributed by atoms with Crippen LogP contribution in [-0.4, -0.2) is 22.8 Å². The lowest BCUT2D eigenvalue weighted by Crippen LogP contribution is -2.17. The zero-order valence-electron chi connectivity index (χ0n) is 25.4.